The monoisotopic (exact) mass is 338 g/mol. The van der Waals surface area contributed by atoms with Crippen LogP contribution in [0.2, 0.25) is 0 Å². The Morgan fingerprint density at radius 1 is 1.32 bits per heavy atom. The summed E-state index contributed by atoms with van der Waals surface area (Å²) in [6.07, 6.45) is 5.25. The van der Waals surface area contributed by atoms with E-state index < -0.39 is 0 Å². The van der Waals surface area contributed by atoms with Gasteiger partial charge < -0.3 is 5.32 Å². The van der Waals surface area contributed by atoms with E-state index >= 15 is 0 Å². The molecule has 3 rings (SSSR count). The molecule has 0 radical (unpaired) electrons. The van der Waals surface area contributed by atoms with Crippen molar-refractivity contribution in [2.24, 2.45) is 5.92 Å². The molecule has 0 spiro atoms. The fourth-order valence-electron chi connectivity index (χ4n) is 2.67. The topological polar surface area (TPSA) is 77.6 Å². The van der Waals surface area contributed by atoms with E-state index in [1.807, 2.05) is 42.9 Å². The van der Waals surface area contributed by atoms with Crippen LogP contribution in [0.15, 0.2) is 42.9 Å². The van der Waals surface area contributed by atoms with Crippen LogP contribution in [0.5, 0.6) is 0 Å². The molecule has 7 heteroatoms. The molecule has 0 saturated heterocycles. The molecule has 1 N–H and O–H groups in total. The zero-order valence-corrected chi connectivity index (χ0v) is 14.7. The molecule has 0 aliphatic rings. The van der Waals surface area contributed by atoms with E-state index in [-0.39, 0.29) is 11.8 Å². The van der Waals surface area contributed by atoms with Crippen LogP contribution in [0.3, 0.4) is 0 Å². The first-order chi connectivity index (χ1) is 12.0. The average Bonchev–Trinajstić information content (AvgIpc) is 3.22. The van der Waals surface area contributed by atoms with Gasteiger partial charge in [0.2, 0.25) is 0 Å². The molecule has 1 amide bonds. The van der Waals surface area contributed by atoms with Crippen molar-refractivity contribution in [3.05, 3.63) is 59.8 Å². The predicted octanol–water partition coefficient (Wildman–Crippen LogP) is 2.15. The van der Waals surface area contributed by atoms with E-state index in [9.17, 15) is 4.79 Å². The minimum atomic E-state index is -0.125. The average molecular weight is 338 g/mol. The standard InChI is InChI=1S/C18H22N6O/c1-13(12-23-8-4-7-21-23)10-20-18(25)16-5-6-17(19-11-16)24-15(3)9-14(2)22-24/h4-9,11,13H,10,12H2,1-3H3,(H,20,25)/t13-/m1/s1. The number of rotatable bonds is 6. The second-order valence-electron chi connectivity index (χ2n) is 6.29. The molecule has 1 atom stereocenters. The molecule has 3 aromatic heterocycles. The number of carbonyl (C=O) groups is 1. The molecule has 25 heavy (non-hydrogen) atoms. The summed E-state index contributed by atoms with van der Waals surface area (Å²) in [5.74, 6) is 0.861. The van der Waals surface area contributed by atoms with E-state index in [0.29, 0.717) is 17.9 Å². The second kappa shape index (κ2) is 7.29. The Balaban J connectivity index is 1.58. The predicted molar refractivity (Wildman–Crippen MR) is 94.6 cm³/mol. The minimum absolute atomic E-state index is 0.125. The van der Waals surface area contributed by atoms with Gasteiger partial charge >= 0.3 is 0 Å². The zero-order chi connectivity index (χ0) is 17.8. The number of hydrogen-bond acceptors (Lipinski definition) is 4. The van der Waals surface area contributed by atoms with Gasteiger partial charge in [-0.2, -0.15) is 10.2 Å². The largest absolute Gasteiger partial charge is 0.352 e. The van der Waals surface area contributed by atoms with Crippen molar-refractivity contribution in [1.29, 1.82) is 0 Å². The van der Waals surface area contributed by atoms with Crippen molar-refractivity contribution in [2.45, 2.75) is 27.3 Å². The maximum atomic E-state index is 12.3. The smallest absolute Gasteiger partial charge is 0.252 e. The van der Waals surface area contributed by atoms with Crippen molar-refractivity contribution in [3.8, 4) is 5.82 Å². The van der Waals surface area contributed by atoms with Crippen LogP contribution >= 0.6 is 0 Å². The van der Waals surface area contributed by atoms with Crippen LogP contribution in [0.25, 0.3) is 5.82 Å². The van der Waals surface area contributed by atoms with Crippen LogP contribution in [-0.2, 0) is 6.54 Å². The molecule has 3 heterocycles. The fraction of sp³-hybridized carbons (Fsp3) is 0.333. The van der Waals surface area contributed by atoms with Gasteiger partial charge in [-0.05, 0) is 44.0 Å². The number of aryl methyl sites for hydroxylation is 2. The first-order valence-corrected chi connectivity index (χ1v) is 8.28. The Morgan fingerprint density at radius 3 is 2.76 bits per heavy atom. The molecule has 0 unspecified atom stereocenters. The Labute approximate surface area is 146 Å². The summed E-state index contributed by atoms with van der Waals surface area (Å²) in [4.78, 5) is 16.6. The number of pyridine rings is 1. The van der Waals surface area contributed by atoms with Crippen molar-refractivity contribution in [2.75, 3.05) is 6.54 Å². The van der Waals surface area contributed by atoms with E-state index in [1.54, 1.807) is 23.1 Å². The molecule has 0 fully saturated rings. The molecule has 0 aromatic carbocycles. The first-order valence-electron chi connectivity index (χ1n) is 8.28. The van der Waals surface area contributed by atoms with Gasteiger partial charge in [0.1, 0.15) is 0 Å². The lowest BCUT2D eigenvalue weighted by Crippen LogP contribution is -2.30. The van der Waals surface area contributed by atoms with E-state index in [1.165, 1.54) is 0 Å². The molecular formula is C18H22N6O. The minimum Gasteiger partial charge on any atom is -0.352 e. The van der Waals surface area contributed by atoms with E-state index in [0.717, 1.165) is 17.9 Å². The van der Waals surface area contributed by atoms with Crippen LogP contribution in [0.4, 0.5) is 0 Å². The zero-order valence-electron chi connectivity index (χ0n) is 14.7. The maximum absolute atomic E-state index is 12.3. The highest BCUT2D eigenvalue weighted by atomic mass is 16.1. The van der Waals surface area contributed by atoms with Gasteiger partial charge in [0.25, 0.3) is 5.91 Å². The van der Waals surface area contributed by atoms with Crippen LogP contribution in [0.1, 0.15) is 28.7 Å². The summed E-state index contributed by atoms with van der Waals surface area (Å²) in [5.41, 5.74) is 2.48. The molecule has 7 nitrogen and oxygen atoms in total. The highest BCUT2D eigenvalue weighted by Crippen LogP contribution is 2.10. The summed E-state index contributed by atoms with van der Waals surface area (Å²) in [6, 6.07) is 7.46. The van der Waals surface area contributed by atoms with E-state index in [4.69, 9.17) is 0 Å². The molecule has 0 aliphatic heterocycles. The molecule has 0 bridgehead atoms. The third-order valence-corrected chi connectivity index (χ3v) is 3.91. The fourth-order valence-corrected chi connectivity index (χ4v) is 2.67. The van der Waals surface area contributed by atoms with Crippen molar-refractivity contribution < 1.29 is 4.79 Å². The third kappa shape index (κ3) is 4.12. The number of hydrogen-bond donors (Lipinski definition) is 1. The van der Waals surface area contributed by atoms with Crippen LogP contribution < -0.4 is 5.32 Å². The van der Waals surface area contributed by atoms with Gasteiger partial charge in [0.15, 0.2) is 5.82 Å². The summed E-state index contributed by atoms with van der Waals surface area (Å²) < 4.78 is 3.63. The molecule has 0 aliphatic carbocycles. The van der Waals surface area contributed by atoms with E-state index in [2.05, 4.69) is 27.4 Å². The van der Waals surface area contributed by atoms with Gasteiger partial charge in [-0.25, -0.2) is 9.67 Å². The van der Waals surface area contributed by atoms with Gasteiger partial charge in [0, 0.05) is 37.4 Å². The molecule has 3 aromatic rings. The normalized spacial score (nSPS) is 12.1. The summed E-state index contributed by atoms with van der Waals surface area (Å²) >= 11 is 0. The Hall–Kier alpha value is -2.96. The number of amides is 1. The SMILES string of the molecule is Cc1cc(C)n(-c2ccc(C(=O)NC[C@@H](C)Cn3cccn3)cn2)n1. The third-order valence-electron chi connectivity index (χ3n) is 3.91. The number of aromatic nitrogens is 5. The quantitative estimate of drug-likeness (QED) is 0.747. The van der Waals surface area contributed by atoms with Gasteiger partial charge in [0.05, 0.1) is 11.3 Å². The number of nitrogens with one attached hydrogen (secondary N) is 1. The maximum Gasteiger partial charge on any atom is 0.252 e. The van der Waals surface area contributed by atoms with Crippen molar-refractivity contribution >= 4 is 5.91 Å². The van der Waals surface area contributed by atoms with Gasteiger partial charge in [-0.15, -0.1) is 0 Å². The highest BCUT2D eigenvalue weighted by molar-refractivity contribution is 5.93. The lowest BCUT2D eigenvalue weighted by atomic mass is 10.1. The van der Waals surface area contributed by atoms with Gasteiger partial charge in [-0.3, -0.25) is 9.48 Å². The van der Waals surface area contributed by atoms with Crippen LogP contribution in [0, 0.1) is 19.8 Å². The summed E-state index contributed by atoms with van der Waals surface area (Å²) in [7, 11) is 0. The second-order valence-corrected chi connectivity index (χ2v) is 6.29. The highest BCUT2D eigenvalue weighted by Gasteiger charge is 2.11. The first kappa shape index (κ1) is 16.9. The molecular weight excluding hydrogens is 316 g/mol. The lowest BCUT2D eigenvalue weighted by Gasteiger charge is -2.13. The lowest BCUT2D eigenvalue weighted by molar-refractivity contribution is 0.0946. The Bertz CT molecular complexity index is 835. The molecule has 0 saturated carbocycles. The Kier molecular flexibility index (Phi) is 4.92. The summed E-state index contributed by atoms with van der Waals surface area (Å²) in [5, 5.41) is 11.5. The van der Waals surface area contributed by atoms with Crippen LogP contribution in [-0.4, -0.2) is 37.0 Å². The Morgan fingerprint density at radius 2 is 2.16 bits per heavy atom. The van der Waals surface area contributed by atoms with Crippen molar-refractivity contribution in [1.82, 2.24) is 29.9 Å². The number of nitrogens with zero attached hydrogens (tertiary/aromatic N) is 5. The van der Waals surface area contributed by atoms with Crippen molar-refractivity contribution in [3.63, 3.8) is 0 Å². The molecule has 130 valence electrons. The van der Waals surface area contributed by atoms with Gasteiger partial charge in [-0.1, -0.05) is 6.92 Å². The number of carbonyl (C=O) groups excluding carboxylic acids is 1. The summed E-state index contributed by atoms with van der Waals surface area (Å²) in [6.45, 7) is 7.34.